The minimum absolute atomic E-state index is 0.0826. The lowest BCUT2D eigenvalue weighted by atomic mass is 9.95. The van der Waals surface area contributed by atoms with Crippen molar-refractivity contribution in [2.24, 2.45) is 0 Å². The third kappa shape index (κ3) is 2.39. The molecule has 0 spiro atoms. The number of amides is 1. The van der Waals surface area contributed by atoms with Crippen LogP contribution in [0.15, 0.2) is 18.3 Å². The highest BCUT2D eigenvalue weighted by Crippen LogP contribution is 2.21. The predicted octanol–water partition coefficient (Wildman–Crippen LogP) is 0.908. The first kappa shape index (κ1) is 11.1. The zero-order valence-electron chi connectivity index (χ0n) is 9.49. The molecule has 1 aliphatic heterocycles. The van der Waals surface area contributed by atoms with Gasteiger partial charge in [-0.25, -0.2) is 0 Å². The summed E-state index contributed by atoms with van der Waals surface area (Å²) in [6, 6.07) is 3.80. The maximum absolute atomic E-state index is 11.3. The van der Waals surface area contributed by atoms with Crippen LogP contribution >= 0.6 is 0 Å². The highest BCUT2D eigenvalue weighted by Gasteiger charge is 2.16. The van der Waals surface area contributed by atoms with Crippen molar-refractivity contribution < 1.29 is 4.79 Å². The molecular formula is C12H17N3O. The number of rotatable bonds is 2. The van der Waals surface area contributed by atoms with Gasteiger partial charge < -0.3 is 10.6 Å². The van der Waals surface area contributed by atoms with Crippen molar-refractivity contribution in [2.75, 3.05) is 20.1 Å². The third-order valence-corrected chi connectivity index (χ3v) is 2.99. The topological polar surface area (TPSA) is 54.0 Å². The maximum atomic E-state index is 11.3. The largest absolute Gasteiger partial charge is 0.355 e. The zero-order valence-corrected chi connectivity index (χ0v) is 9.49. The second-order valence-corrected chi connectivity index (χ2v) is 4.09. The van der Waals surface area contributed by atoms with Gasteiger partial charge in [0.15, 0.2) is 0 Å². The molecule has 0 bridgehead atoms. The molecule has 0 unspecified atom stereocenters. The summed E-state index contributed by atoms with van der Waals surface area (Å²) in [5.74, 6) is 0.410. The van der Waals surface area contributed by atoms with Gasteiger partial charge >= 0.3 is 0 Å². The van der Waals surface area contributed by atoms with Gasteiger partial charge in [0.1, 0.15) is 0 Å². The van der Waals surface area contributed by atoms with E-state index in [1.807, 2.05) is 12.1 Å². The molecule has 2 N–H and O–H groups in total. The first-order valence-electron chi connectivity index (χ1n) is 5.70. The maximum Gasteiger partial charge on any atom is 0.252 e. The number of pyridine rings is 1. The van der Waals surface area contributed by atoms with E-state index in [9.17, 15) is 4.79 Å². The summed E-state index contributed by atoms with van der Waals surface area (Å²) in [6.07, 6.45) is 4.03. The van der Waals surface area contributed by atoms with Crippen molar-refractivity contribution in [1.82, 2.24) is 15.6 Å². The molecule has 1 aromatic rings. The average Bonchev–Trinajstić information content (AvgIpc) is 2.39. The number of carbonyl (C=O) groups is 1. The summed E-state index contributed by atoms with van der Waals surface area (Å²) < 4.78 is 0. The summed E-state index contributed by atoms with van der Waals surface area (Å²) in [4.78, 5) is 15.7. The van der Waals surface area contributed by atoms with Gasteiger partial charge in [-0.05, 0) is 31.5 Å². The van der Waals surface area contributed by atoms with E-state index < -0.39 is 0 Å². The molecule has 4 nitrogen and oxygen atoms in total. The smallest absolute Gasteiger partial charge is 0.252 e. The van der Waals surface area contributed by atoms with E-state index in [2.05, 4.69) is 15.6 Å². The second kappa shape index (κ2) is 5.07. The molecule has 16 heavy (non-hydrogen) atoms. The van der Waals surface area contributed by atoms with E-state index in [1.54, 1.807) is 13.2 Å². The summed E-state index contributed by atoms with van der Waals surface area (Å²) in [7, 11) is 1.63. The molecule has 2 heterocycles. The van der Waals surface area contributed by atoms with Crippen molar-refractivity contribution in [2.45, 2.75) is 18.8 Å². The van der Waals surface area contributed by atoms with Crippen LogP contribution in [0.5, 0.6) is 0 Å². The molecule has 1 amide bonds. The Kier molecular flexibility index (Phi) is 3.51. The Labute approximate surface area is 95.5 Å². The first-order chi connectivity index (χ1) is 7.81. The Morgan fingerprint density at radius 1 is 1.56 bits per heavy atom. The van der Waals surface area contributed by atoms with Gasteiger partial charge in [0, 0.05) is 31.4 Å². The van der Waals surface area contributed by atoms with Crippen LogP contribution in [-0.2, 0) is 0 Å². The fourth-order valence-electron chi connectivity index (χ4n) is 2.03. The van der Waals surface area contributed by atoms with Crippen LogP contribution in [0.2, 0.25) is 0 Å². The van der Waals surface area contributed by atoms with Crippen molar-refractivity contribution in [3.05, 3.63) is 29.6 Å². The molecule has 1 saturated heterocycles. The molecule has 1 atom stereocenters. The SMILES string of the molecule is CNC(=O)c1ccc([C@@H]2CCCNC2)nc1. The Bertz CT molecular complexity index is 355. The summed E-state index contributed by atoms with van der Waals surface area (Å²) >= 11 is 0. The fraction of sp³-hybridized carbons (Fsp3) is 0.500. The Morgan fingerprint density at radius 2 is 2.44 bits per heavy atom. The molecule has 86 valence electrons. The summed E-state index contributed by atoms with van der Waals surface area (Å²) in [6.45, 7) is 2.10. The minimum Gasteiger partial charge on any atom is -0.355 e. The van der Waals surface area contributed by atoms with Gasteiger partial charge in [-0.2, -0.15) is 0 Å². The molecule has 0 radical (unpaired) electrons. The van der Waals surface area contributed by atoms with Crippen LogP contribution in [0.4, 0.5) is 0 Å². The van der Waals surface area contributed by atoms with Gasteiger partial charge in [-0.3, -0.25) is 9.78 Å². The number of hydrogen-bond acceptors (Lipinski definition) is 3. The lowest BCUT2D eigenvalue weighted by molar-refractivity contribution is 0.0962. The van der Waals surface area contributed by atoms with Crippen LogP contribution in [0.3, 0.4) is 0 Å². The predicted molar refractivity (Wildman–Crippen MR) is 62.5 cm³/mol. The highest BCUT2D eigenvalue weighted by molar-refractivity contribution is 5.93. The molecule has 0 saturated carbocycles. The first-order valence-corrected chi connectivity index (χ1v) is 5.70. The van der Waals surface area contributed by atoms with Crippen molar-refractivity contribution in [3.8, 4) is 0 Å². The summed E-state index contributed by atoms with van der Waals surface area (Å²) in [5.41, 5.74) is 1.70. The number of nitrogens with zero attached hydrogens (tertiary/aromatic N) is 1. The standard InChI is InChI=1S/C12H17N3O/c1-13-12(16)10-4-5-11(15-8-10)9-3-2-6-14-7-9/h4-5,8-9,14H,2-3,6-7H2,1H3,(H,13,16)/t9-/m1/s1. The minimum atomic E-state index is -0.0826. The van der Waals surface area contributed by atoms with E-state index in [4.69, 9.17) is 0 Å². The van der Waals surface area contributed by atoms with E-state index >= 15 is 0 Å². The molecule has 1 aliphatic rings. The molecule has 2 rings (SSSR count). The average molecular weight is 219 g/mol. The van der Waals surface area contributed by atoms with Gasteiger partial charge in [-0.15, -0.1) is 0 Å². The fourth-order valence-corrected chi connectivity index (χ4v) is 2.03. The third-order valence-electron chi connectivity index (χ3n) is 2.99. The molecule has 0 aromatic carbocycles. The lowest BCUT2D eigenvalue weighted by Gasteiger charge is -2.22. The van der Waals surface area contributed by atoms with E-state index in [-0.39, 0.29) is 5.91 Å². The summed E-state index contributed by atoms with van der Waals surface area (Å²) in [5, 5.41) is 5.95. The van der Waals surface area contributed by atoms with Crippen molar-refractivity contribution in [1.29, 1.82) is 0 Å². The van der Waals surface area contributed by atoms with Gasteiger partial charge in [0.05, 0.1) is 5.56 Å². The number of nitrogens with one attached hydrogen (secondary N) is 2. The van der Waals surface area contributed by atoms with Crippen molar-refractivity contribution >= 4 is 5.91 Å². The number of piperidine rings is 1. The van der Waals surface area contributed by atoms with E-state index in [0.29, 0.717) is 11.5 Å². The lowest BCUT2D eigenvalue weighted by Crippen LogP contribution is -2.29. The Balaban J connectivity index is 2.09. The Morgan fingerprint density at radius 3 is 3.00 bits per heavy atom. The van der Waals surface area contributed by atoms with E-state index in [1.165, 1.54) is 12.8 Å². The number of carbonyl (C=O) groups excluding carboxylic acids is 1. The van der Waals surface area contributed by atoms with E-state index in [0.717, 1.165) is 18.8 Å². The monoisotopic (exact) mass is 219 g/mol. The molecule has 4 heteroatoms. The van der Waals surface area contributed by atoms with Gasteiger partial charge in [0.2, 0.25) is 0 Å². The van der Waals surface area contributed by atoms with Crippen molar-refractivity contribution in [3.63, 3.8) is 0 Å². The van der Waals surface area contributed by atoms with Crippen LogP contribution in [0.1, 0.15) is 34.8 Å². The second-order valence-electron chi connectivity index (χ2n) is 4.09. The molecule has 0 aliphatic carbocycles. The number of hydrogen-bond donors (Lipinski definition) is 2. The molecular weight excluding hydrogens is 202 g/mol. The Hall–Kier alpha value is -1.42. The van der Waals surface area contributed by atoms with Gasteiger partial charge in [0.25, 0.3) is 5.91 Å². The van der Waals surface area contributed by atoms with Crippen LogP contribution in [0.25, 0.3) is 0 Å². The highest BCUT2D eigenvalue weighted by atomic mass is 16.1. The number of aromatic nitrogens is 1. The normalized spacial score (nSPS) is 20.4. The molecule has 1 fully saturated rings. The van der Waals surface area contributed by atoms with Gasteiger partial charge in [-0.1, -0.05) is 0 Å². The van der Waals surface area contributed by atoms with Crippen LogP contribution in [0, 0.1) is 0 Å². The molecule has 1 aromatic heterocycles. The van der Waals surface area contributed by atoms with Crippen LogP contribution in [-0.4, -0.2) is 31.0 Å². The van der Waals surface area contributed by atoms with Crippen LogP contribution < -0.4 is 10.6 Å². The zero-order chi connectivity index (χ0) is 11.4. The quantitative estimate of drug-likeness (QED) is 0.777.